The van der Waals surface area contributed by atoms with Crippen molar-refractivity contribution >= 4 is 5.88 Å². The zero-order valence-electron chi connectivity index (χ0n) is 9.44. The van der Waals surface area contributed by atoms with Gasteiger partial charge in [-0.25, -0.2) is 0 Å². The van der Waals surface area contributed by atoms with Gasteiger partial charge in [0.15, 0.2) is 5.88 Å². The Hall–Kier alpha value is -0.960. The third kappa shape index (κ3) is 2.34. The molecule has 1 saturated carbocycles. The van der Waals surface area contributed by atoms with Crippen molar-refractivity contribution in [3.63, 3.8) is 0 Å². The van der Waals surface area contributed by atoms with E-state index in [0.29, 0.717) is 6.04 Å². The minimum atomic E-state index is -0.0898. The Kier molecular flexibility index (Phi) is 3.00. The van der Waals surface area contributed by atoms with Gasteiger partial charge in [0.2, 0.25) is 0 Å². The van der Waals surface area contributed by atoms with Gasteiger partial charge in [-0.3, -0.25) is 0 Å². The zero-order chi connectivity index (χ0) is 10.8. The summed E-state index contributed by atoms with van der Waals surface area (Å²) in [6.07, 6.45) is 3.84. The van der Waals surface area contributed by atoms with Crippen LogP contribution in [0.2, 0.25) is 0 Å². The minimum Gasteiger partial charge on any atom is -0.446 e. The number of hydrogen-bond donors (Lipinski definition) is 1. The highest BCUT2D eigenvalue weighted by atomic mass is 16.4. The highest BCUT2D eigenvalue weighted by molar-refractivity contribution is 5.36. The smallest absolute Gasteiger partial charge is 0.195 e. The molecule has 0 spiro atoms. The van der Waals surface area contributed by atoms with Gasteiger partial charge in [-0.1, -0.05) is 0 Å². The second-order valence-electron chi connectivity index (χ2n) is 4.46. The molecule has 0 amide bonds. The number of aliphatic hydroxyl groups is 1. The van der Waals surface area contributed by atoms with Crippen molar-refractivity contribution in [3.8, 4) is 0 Å². The van der Waals surface area contributed by atoms with Crippen LogP contribution in [0.1, 0.15) is 31.4 Å². The Balaban J connectivity index is 1.99. The number of hydrogen-bond acceptors (Lipinski definition) is 3. The van der Waals surface area contributed by atoms with E-state index < -0.39 is 0 Å². The predicted octanol–water partition coefficient (Wildman–Crippen LogP) is 2.33. The third-order valence-corrected chi connectivity index (χ3v) is 3.29. The van der Waals surface area contributed by atoms with Gasteiger partial charge in [0.1, 0.15) is 5.76 Å². The van der Waals surface area contributed by atoms with Crippen LogP contribution >= 0.6 is 0 Å². The van der Waals surface area contributed by atoms with Crippen LogP contribution < -0.4 is 4.90 Å². The summed E-state index contributed by atoms with van der Waals surface area (Å²) in [5.41, 5.74) is 0. The van der Waals surface area contributed by atoms with Gasteiger partial charge >= 0.3 is 0 Å². The van der Waals surface area contributed by atoms with E-state index in [1.807, 2.05) is 19.1 Å². The lowest BCUT2D eigenvalue weighted by Gasteiger charge is -2.32. The topological polar surface area (TPSA) is 36.6 Å². The summed E-state index contributed by atoms with van der Waals surface area (Å²) in [4.78, 5) is 2.19. The maximum atomic E-state index is 9.44. The van der Waals surface area contributed by atoms with E-state index in [9.17, 15) is 5.11 Å². The number of furan rings is 1. The summed E-state index contributed by atoms with van der Waals surface area (Å²) in [6, 6.07) is 4.52. The number of anilines is 1. The summed E-state index contributed by atoms with van der Waals surface area (Å²) >= 11 is 0. The molecule has 0 aliphatic heterocycles. The van der Waals surface area contributed by atoms with Crippen LogP contribution in [0.4, 0.5) is 5.88 Å². The lowest BCUT2D eigenvalue weighted by Crippen LogP contribution is -2.36. The van der Waals surface area contributed by atoms with Crippen LogP contribution in [0, 0.1) is 6.92 Å². The lowest BCUT2D eigenvalue weighted by atomic mass is 9.92. The summed E-state index contributed by atoms with van der Waals surface area (Å²) in [6.45, 7) is 1.96. The fraction of sp³-hybridized carbons (Fsp3) is 0.667. The van der Waals surface area contributed by atoms with Crippen LogP contribution in [-0.4, -0.2) is 24.3 Å². The maximum Gasteiger partial charge on any atom is 0.195 e. The monoisotopic (exact) mass is 209 g/mol. The molecular formula is C12H19NO2. The number of rotatable bonds is 2. The van der Waals surface area contributed by atoms with Gasteiger partial charge < -0.3 is 14.4 Å². The normalized spacial score (nSPS) is 26.6. The molecule has 0 atom stereocenters. The van der Waals surface area contributed by atoms with Gasteiger partial charge in [0.25, 0.3) is 0 Å². The Bertz CT molecular complexity index is 313. The minimum absolute atomic E-state index is 0.0898. The van der Waals surface area contributed by atoms with E-state index in [0.717, 1.165) is 37.3 Å². The van der Waals surface area contributed by atoms with E-state index in [-0.39, 0.29) is 6.10 Å². The molecule has 0 aromatic carbocycles. The SMILES string of the molecule is Cc1ccc(N(C)C2CCC(O)CC2)o1. The number of nitrogens with zero attached hydrogens (tertiary/aromatic N) is 1. The average Bonchev–Trinajstić information content (AvgIpc) is 2.65. The third-order valence-electron chi connectivity index (χ3n) is 3.29. The van der Waals surface area contributed by atoms with Crippen molar-refractivity contribution in [3.05, 3.63) is 17.9 Å². The van der Waals surface area contributed by atoms with Crippen molar-refractivity contribution < 1.29 is 9.52 Å². The molecule has 1 aromatic rings. The molecule has 1 aliphatic rings. The first-order chi connectivity index (χ1) is 7.16. The first-order valence-corrected chi connectivity index (χ1v) is 5.64. The van der Waals surface area contributed by atoms with Crippen molar-refractivity contribution in [2.45, 2.75) is 44.8 Å². The van der Waals surface area contributed by atoms with Gasteiger partial charge in [-0.15, -0.1) is 0 Å². The van der Waals surface area contributed by atoms with Crippen molar-refractivity contribution in [2.24, 2.45) is 0 Å². The van der Waals surface area contributed by atoms with E-state index in [1.54, 1.807) is 0 Å². The average molecular weight is 209 g/mol. The molecule has 0 saturated heterocycles. The molecule has 2 rings (SSSR count). The molecule has 1 aromatic heterocycles. The molecule has 15 heavy (non-hydrogen) atoms. The van der Waals surface area contributed by atoms with E-state index in [1.165, 1.54) is 0 Å². The Labute approximate surface area is 90.7 Å². The molecule has 1 heterocycles. The van der Waals surface area contributed by atoms with E-state index in [4.69, 9.17) is 4.42 Å². The van der Waals surface area contributed by atoms with Gasteiger partial charge in [-0.05, 0) is 38.7 Å². The van der Waals surface area contributed by atoms with Gasteiger partial charge in [-0.2, -0.15) is 0 Å². The van der Waals surface area contributed by atoms with Crippen LogP contribution in [-0.2, 0) is 0 Å². The Morgan fingerprint density at radius 3 is 2.47 bits per heavy atom. The second kappa shape index (κ2) is 4.27. The zero-order valence-corrected chi connectivity index (χ0v) is 9.44. The molecule has 0 bridgehead atoms. The van der Waals surface area contributed by atoms with Crippen LogP contribution in [0.5, 0.6) is 0 Å². The molecule has 0 radical (unpaired) electrons. The summed E-state index contributed by atoms with van der Waals surface area (Å²) in [5.74, 6) is 1.89. The summed E-state index contributed by atoms with van der Waals surface area (Å²) in [5, 5.41) is 9.44. The molecule has 84 valence electrons. The first kappa shape index (κ1) is 10.6. The quantitative estimate of drug-likeness (QED) is 0.812. The standard InChI is InChI=1S/C12H19NO2/c1-9-3-8-12(15-9)13(2)10-4-6-11(14)7-5-10/h3,8,10-11,14H,4-7H2,1-2H3. The molecule has 0 unspecified atom stereocenters. The van der Waals surface area contributed by atoms with Crippen LogP contribution in [0.15, 0.2) is 16.5 Å². The highest BCUT2D eigenvalue weighted by Crippen LogP contribution is 2.27. The van der Waals surface area contributed by atoms with Crippen molar-refractivity contribution in [1.82, 2.24) is 0 Å². The Morgan fingerprint density at radius 1 is 1.27 bits per heavy atom. The first-order valence-electron chi connectivity index (χ1n) is 5.64. The maximum absolute atomic E-state index is 9.44. The molecular weight excluding hydrogens is 190 g/mol. The van der Waals surface area contributed by atoms with Gasteiger partial charge in [0, 0.05) is 19.2 Å². The fourth-order valence-electron chi connectivity index (χ4n) is 2.24. The highest BCUT2D eigenvalue weighted by Gasteiger charge is 2.23. The predicted molar refractivity (Wildman–Crippen MR) is 60.1 cm³/mol. The molecule has 3 heteroatoms. The molecule has 1 N–H and O–H groups in total. The summed E-state index contributed by atoms with van der Waals surface area (Å²) < 4.78 is 5.59. The fourth-order valence-corrected chi connectivity index (χ4v) is 2.24. The molecule has 3 nitrogen and oxygen atoms in total. The second-order valence-corrected chi connectivity index (χ2v) is 4.46. The Morgan fingerprint density at radius 2 is 1.93 bits per heavy atom. The largest absolute Gasteiger partial charge is 0.446 e. The number of aryl methyl sites for hydroxylation is 1. The van der Waals surface area contributed by atoms with Crippen LogP contribution in [0.25, 0.3) is 0 Å². The summed E-state index contributed by atoms with van der Waals surface area (Å²) in [7, 11) is 2.07. The van der Waals surface area contributed by atoms with E-state index >= 15 is 0 Å². The molecule has 1 aliphatic carbocycles. The molecule has 1 fully saturated rings. The van der Waals surface area contributed by atoms with Crippen LogP contribution in [0.3, 0.4) is 0 Å². The van der Waals surface area contributed by atoms with E-state index in [2.05, 4.69) is 11.9 Å². The van der Waals surface area contributed by atoms with Gasteiger partial charge in [0.05, 0.1) is 6.10 Å². The number of aliphatic hydroxyl groups excluding tert-OH is 1. The van der Waals surface area contributed by atoms with Crippen molar-refractivity contribution in [2.75, 3.05) is 11.9 Å². The lowest BCUT2D eigenvalue weighted by molar-refractivity contribution is 0.122. The van der Waals surface area contributed by atoms with Crippen molar-refractivity contribution in [1.29, 1.82) is 0 Å².